The topological polar surface area (TPSA) is 66.2 Å². The van der Waals surface area contributed by atoms with Crippen LogP contribution < -0.4 is 0 Å². The monoisotopic (exact) mass is 292 g/mol. The van der Waals surface area contributed by atoms with Crippen LogP contribution in [0, 0.1) is 12.3 Å². The molecule has 1 N–H and O–H groups in total. The van der Waals surface area contributed by atoms with E-state index in [1.807, 2.05) is 0 Å². The van der Waals surface area contributed by atoms with E-state index in [1.54, 1.807) is 12.1 Å². The van der Waals surface area contributed by atoms with E-state index in [1.165, 1.54) is 4.90 Å². The Morgan fingerprint density at radius 3 is 2.81 bits per heavy atom. The van der Waals surface area contributed by atoms with E-state index in [0.29, 0.717) is 18.1 Å². The summed E-state index contributed by atoms with van der Waals surface area (Å²) < 4.78 is 10.6. The zero-order valence-electron chi connectivity index (χ0n) is 12.0. The van der Waals surface area contributed by atoms with Crippen LogP contribution in [0.5, 0.6) is 0 Å². The first kappa shape index (κ1) is 15.4. The Kier molecular flexibility index (Phi) is 5.67. The van der Waals surface area contributed by atoms with Crippen LogP contribution in [0.15, 0.2) is 16.5 Å². The van der Waals surface area contributed by atoms with Crippen LogP contribution in [0.1, 0.15) is 17.9 Å². The fourth-order valence-corrected chi connectivity index (χ4v) is 2.28. The van der Waals surface area contributed by atoms with Gasteiger partial charge in [0.25, 0.3) is 0 Å². The molecule has 0 unspecified atom stereocenters. The van der Waals surface area contributed by atoms with Gasteiger partial charge in [-0.1, -0.05) is 0 Å². The fraction of sp³-hybridized carbons (Fsp3) is 0.533. The van der Waals surface area contributed by atoms with Crippen LogP contribution in [-0.4, -0.2) is 60.4 Å². The standard InChI is InChI=1S/C15H20N2O4/c1-2-13-4-5-14(21-13)12-17(15(18)19)7-3-6-16-8-10-20-11-9-16/h1,4-5H,3,6-12H2,(H,18,19). The summed E-state index contributed by atoms with van der Waals surface area (Å²) in [6.07, 6.45) is 5.07. The van der Waals surface area contributed by atoms with Crippen molar-refractivity contribution in [1.82, 2.24) is 9.80 Å². The predicted octanol–water partition coefficient (Wildman–Crippen LogP) is 1.46. The minimum absolute atomic E-state index is 0.222. The Morgan fingerprint density at radius 2 is 2.19 bits per heavy atom. The SMILES string of the molecule is C#Cc1ccc(CN(CCCN2CCOCC2)C(=O)O)o1. The minimum atomic E-state index is -0.948. The molecule has 2 heterocycles. The van der Waals surface area contributed by atoms with Gasteiger partial charge < -0.3 is 19.2 Å². The lowest BCUT2D eigenvalue weighted by atomic mass is 10.3. The Balaban J connectivity index is 1.78. The molecule has 1 aromatic heterocycles. The lowest BCUT2D eigenvalue weighted by Crippen LogP contribution is -2.38. The molecule has 1 amide bonds. The van der Waals surface area contributed by atoms with Crippen molar-refractivity contribution in [1.29, 1.82) is 0 Å². The second kappa shape index (κ2) is 7.72. The van der Waals surface area contributed by atoms with E-state index >= 15 is 0 Å². The lowest BCUT2D eigenvalue weighted by molar-refractivity contribution is 0.0359. The smallest absolute Gasteiger partial charge is 0.407 e. The molecule has 6 nitrogen and oxygen atoms in total. The van der Waals surface area contributed by atoms with E-state index in [-0.39, 0.29) is 6.54 Å². The van der Waals surface area contributed by atoms with Gasteiger partial charge in [0.15, 0.2) is 5.76 Å². The molecule has 0 spiro atoms. The number of rotatable bonds is 6. The second-order valence-electron chi connectivity index (χ2n) is 4.92. The van der Waals surface area contributed by atoms with Crippen molar-refractivity contribution in [2.45, 2.75) is 13.0 Å². The number of amides is 1. The van der Waals surface area contributed by atoms with E-state index in [9.17, 15) is 9.90 Å². The molecule has 1 saturated heterocycles. The second-order valence-corrected chi connectivity index (χ2v) is 4.92. The highest BCUT2D eigenvalue weighted by atomic mass is 16.5. The largest absolute Gasteiger partial charge is 0.465 e. The van der Waals surface area contributed by atoms with Gasteiger partial charge in [-0.25, -0.2) is 4.79 Å². The predicted molar refractivity (Wildman–Crippen MR) is 77.0 cm³/mol. The Hall–Kier alpha value is -1.97. The number of nitrogens with zero attached hydrogens (tertiary/aromatic N) is 2. The number of carbonyl (C=O) groups is 1. The zero-order chi connectivity index (χ0) is 15.1. The maximum absolute atomic E-state index is 11.3. The van der Waals surface area contributed by atoms with Gasteiger partial charge in [0.1, 0.15) is 5.76 Å². The van der Waals surface area contributed by atoms with Crippen molar-refractivity contribution >= 4 is 6.09 Å². The van der Waals surface area contributed by atoms with Gasteiger partial charge >= 0.3 is 6.09 Å². The maximum atomic E-state index is 11.3. The Bertz CT molecular complexity index is 500. The molecule has 0 radical (unpaired) electrons. The lowest BCUT2D eigenvalue weighted by Gasteiger charge is -2.27. The molecule has 0 bridgehead atoms. The van der Waals surface area contributed by atoms with Crippen LogP contribution in [0.3, 0.4) is 0 Å². The van der Waals surface area contributed by atoms with Gasteiger partial charge in [0.05, 0.1) is 19.8 Å². The summed E-state index contributed by atoms with van der Waals surface area (Å²) in [6.45, 7) is 4.90. The minimum Gasteiger partial charge on any atom is -0.465 e. The van der Waals surface area contributed by atoms with Crippen molar-refractivity contribution < 1.29 is 19.1 Å². The first-order valence-electron chi connectivity index (χ1n) is 7.02. The van der Waals surface area contributed by atoms with E-state index in [0.717, 1.165) is 39.3 Å². The third-order valence-corrected chi connectivity index (χ3v) is 3.43. The van der Waals surface area contributed by atoms with Crippen molar-refractivity contribution in [3.8, 4) is 12.3 Å². The summed E-state index contributed by atoms with van der Waals surface area (Å²) in [6, 6.07) is 3.39. The van der Waals surface area contributed by atoms with Crippen LogP contribution in [0.2, 0.25) is 0 Å². The first-order valence-corrected chi connectivity index (χ1v) is 7.02. The Labute approximate surface area is 124 Å². The number of furan rings is 1. The molecule has 0 aliphatic carbocycles. The molecular formula is C15H20N2O4. The highest BCUT2D eigenvalue weighted by Gasteiger charge is 2.16. The molecular weight excluding hydrogens is 272 g/mol. The first-order chi connectivity index (χ1) is 10.2. The molecule has 21 heavy (non-hydrogen) atoms. The molecule has 1 aliphatic rings. The molecule has 1 fully saturated rings. The van der Waals surface area contributed by atoms with Gasteiger partial charge in [-0.2, -0.15) is 0 Å². The molecule has 2 rings (SSSR count). The van der Waals surface area contributed by atoms with Crippen molar-refractivity contribution in [2.24, 2.45) is 0 Å². The van der Waals surface area contributed by atoms with Crippen molar-refractivity contribution in [3.05, 3.63) is 23.7 Å². The van der Waals surface area contributed by atoms with Crippen molar-refractivity contribution in [2.75, 3.05) is 39.4 Å². The normalized spacial score (nSPS) is 15.6. The fourth-order valence-electron chi connectivity index (χ4n) is 2.28. The molecule has 114 valence electrons. The van der Waals surface area contributed by atoms with Crippen LogP contribution >= 0.6 is 0 Å². The summed E-state index contributed by atoms with van der Waals surface area (Å²) in [5.74, 6) is 3.37. The number of morpholine rings is 1. The molecule has 0 aromatic carbocycles. The number of ether oxygens (including phenoxy) is 1. The summed E-state index contributed by atoms with van der Waals surface area (Å²) in [7, 11) is 0. The zero-order valence-corrected chi connectivity index (χ0v) is 12.0. The van der Waals surface area contributed by atoms with E-state index in [2.05, 4.69) is 10.8 Å². The summed E-state index contributed by atoms with van der Waals surface area (Å²) in [4.78, 5) is 14.9. The maximum Gasteiger partial charge on any atom is 0.407 e. The van der Waals surface area contributed by atoms with Gasteiger partial charge in [-0.15, -0.1) is 6.42 Å². The van der Waals surface area contributed by atoms with E-state index in [4.69, 9.17) is 15.6 Å². The van der Waals surface area contributed by atoms with Crippen LogP contribution in [0.25, 0.3) is 0 Å². The average Bonchev–Trinajstić information content (AvgIpc) is 2.95. The molecule has 6 heteroatoms. The highest BCUT2D eigenvalue weighted by molar-refractivity contribution is 5.64. The van der Waals surface area contributed by atoms with Gasteiger partial charge in [-0.3, -0.25) is 4.90 Å². The van der Waals surface area contributed by atoms with Gasteiger partial charge in [0, 0.05) is 26.2 Å². The van der Waals surface area contributed by atoms with Gasteiger partial charge in [0.2, 0.25) is 0 Å². The molecule has 0 saturated carbocycles. The van der Waals surface area contributed by atoms with Crippen molar-refractivity contribution in [3.63, 3.8) is 0 Å². The number of terminal acetylenes is 1. The third kappa shape index (κ3) is 4.81. The number of hydrogen-bond donors (Lipinski definition) is 1. The average molecular weight is 292 g/mol. The van der Waals surface area contributed by atoms with Crippen LogP contribution in [0.4, 0.5) is 4.79 Å². The third-order valence-electron chi connectivity index (χ3n) is 3.43. The van der Waals surface area contributed by atoms with E-state index < -0.39 is 6.09 Å². The van der Waals surface area contributed by atoms with Crippen LogP contribution in [-0.2, 0) is 11.3 Å². The molecule has 0 atom stereocenters. The molecule has 1 aromatic rings. The highest BCUT2D eigenvalue weighted by Crippen LogP contribution is 2.10. The summed E-state index contributed by atoms with van der Waals surface area (Å²) in [5, 5.41) is 9.25. The summed E-state index contributed by atoms with van der Waals surface area (Å²) >= 11 is 0. The quantitative estimate of drug-likeness (QED) is 0.804. The number of hydrogen-bond acceptors (Lipinski definition) is 4. The van der Waals surface area contributed by atoms with Gasteiger partial charge in [-0.05, 0) is 24.5 Å². The number of carboxylic acid groups (broad SMARTS) is 1. The summed E-state index contributed by atoms with van der Waals surface area (Å²) in [5.41, 5.74) is 0. The Morgan fingerprint density at radius 1 is 1.43 bits per heavy atom. The molecule has 1 aliphatic heterocycles.